The fourth-order valence-corrected chi connectivity index (χ4v) is 5.08. The second-order valence-corrected chi connectivity index (χ2v) is 9.88. The lowest BCUT2D eigenvalue weighted by Gasteiger charge is -2.40. The third kappa shape index (κ3) is 4.53. The molecule has 4 aromatic heterocycles. The number of aromatic amines is 1. The van der Waals surface area contributed by atoms with Gasteiger partial charge in [-0.25, -0.2) is 15.0 Å². The Morgan fingerprint density at radius 1 is 1.03 bits per heavy atom. The molecule has 0 spiro atoms. The van der Waals surface area contributed by atoms with Gasteiger partial charge in [0.2, 0.25) is 0 Å². The Morgan fingerprint density at radius 3 is 2.58 bits per heavy atom. The molecular weight excluding hydrogens is 491 g/mol. The minimum atomic E-state index is -4.60. The van der Waals surface area contributed by atoms with E-state index in [4.69, 9.17) is 4.98 Å². The Hall–Kier alpha value is -3.79. The van der Waals surface area contributed by atoms with Crippen molar-refractivity contribution in [2.24, 2.45) is 5.41 Å². The van der Waals surface area contributed by atoms with Gasteiger partial charge in [0.1, 0.15) is 11.5 Å². The van der Waals surface area contributed by atoms with Crippen molar-refractivity contribution in [2.75, 3.05) is 18.4 Å². The summed E-state index contributed by atoms with van der Waals surface area (Å²) in [6.45, 7) is 9.69. The van der Waals surface area contributed by atoms with Gasteiger partial charge in [0, 0.05) is 46.8 Å². The molecule has 6 rings (SSSR count). The van der Waals surface area contributed by atoms with E-state index in [0.29, 0.717) is 17.0 Å². The quantitative estimate of drug-likeness (QED) is 0.249. The molecule has 0 bridgehead atoms. The monoisotopic (exact) mass is 521 g/mol. The molecule has 1 fully saturated rings. The molecule has 5 aromatic rings. The van der Waals surface area contributed by atoms with Crippen LogP contribution < -0.4 is 10.6 Å². The molecule has 1 atom stereocenters. The van der Waals surface area contributed by atoms with Crippen LogP contribution in [0.1, 0.15) is 39.7 Å². The number of benzene rings is 1. The zero-order valence-electron chi connectivity index (χ0n) is 21.7. The fourth-order valence-electron chi connectivity index (χ4n) is 5.08. The van der Waals surface area contributed by atoms with Gasteiger partial charge in [0.15, 0.2) is 5.82 Å². The number of pyridine rings is 2. The van der Waals surface area contributed by atoms with E-state index in [1.807, 2.05) is 38.1 Å². The van der Waals surface area contributed by atoms with E-state index in [1.54, 1.807) is 12.3 Å². The molecule has 3 N–H and O–H groups in total. The zero-order valence-corrected chi connectivity index (χ0v) is 21.7. The Morgan fingerprint density at radius 2 is 1.82 bits per heavy atom. The smallest absolute Gasteiger partial charge is 0.366 e. The molecule has 0 radical (unpaired) electrons. The molecule has 0 aliphatic carbocycles. The van der Waals surface area contributed by atoms with Gasteiger partial charge >= 0.3 is 6.18 Å². The highest BCUT2D eigenvalue weighted by Crippen LogP contribution is 2.40. The van der Waals surface area contributed by atoms with Gasteiger partial charge in [0.05, 0.1) is 22.7 Å². The standard InChI is InChI=1S/C26H24F3N7.C2H6/c1-25(2)13-30-9-8-19(25)35-24-21-16(26(27,28)29)11-31-12-18(21)34-22(36-24)15-7-10-32-23-20(15)14-5-3-4-6-17(14)33-23;1-2/h3-7,10-12,19,30H,8-9,13H2,1-2H3,(H,32,33)(H,34,35,36);1-2H3/t19-;/m0./s1. The topological polar surface area (TPSA) is 91.4 Å². The van der Waals surface area contributed by atoms with Crippen LogP contribution in [-0.2, 0) is 6.18 Å². The third-order valence-corrected chi connectivity index (χ3v) is 7.00. The van der Waals surface area contributed by atoms with Gasteiger partial charge in [-0.05, 0) is 30.5 Å². The predicted molar refractivity (Wildman–Crippen MR) is 145 cm³/mol. The average Bonchev–Trinajstić information content (AvgIpc) is 3.29. The molecule has 0 unspecified atom stereocenters. The van der Waals surface area contributed by atoms with Crippen LogP contribution in [0.5, 0.6) is 0 Å². The fraction of sp³-hybridized carbons (Fsp3) is 0.357. The first-order valence-electron chi connectivity index (χ1n) is 12.8. The number of rotatable bonds is 3. The molecule has 5 heterocycles. The second kappa shape index (κ2) is 9.83. The van der Waals surface area contributed by atoms with Crippen LogP contribution in [0.4, 0.5) is 19.0 Å². The lowest BCUT2D eigenvalue weighted by atomic mass is 9.80. The van der Waals surface area contributed by atoms with Crippen molar-refractivity contribution in [3.8, 4) is 11.4 Å². The number of aromatic nitrogens is 5. The van der Waals surface area contributed by atoms with Crippen molar-refractivity contribution in [3.63, 3.8) is 0 Å². The maximum Gasteiger partial charge on any atom is 0.418 e. The molecular formula is C28H30F3N7. The number of nitrogens with zero attached hydrogens (tertiary/aromatic N) is 4. The van der Waals surface area contributed by atoms with E-state index in [2.05, 4.69) is 44.4 Å². The second-order valence-electron chi connectivity index (χ2n) is 9.88. The summed E-state index contributed by atoms with van der Waals surface area (Å²) < 4.78 is 42.1. The Bertz CT molecular complexity index is 1610. The van der Waals surface area contributed by atoms with Crippen LogP contribution in [0.25, 0.3) is 44.2 Å². The van der Waals surface area contributed by atoms with Gasteiger partial charge in [-0.15, -0.1) is 0 Å². The van der Waals surface area contributed by atoms with E-state index in [1.165, 1.54) is 6.20 Å². The predicted octanol–water partition coefficient (Wildman–Crippen LogP) is 6.57. The number of hydrogen-bond donors (Lipinski definition) is 3. The lowest BCUT2D eigenvalue weighted by molar-refractivity contribution is -0.136. The summed E-state index contributed by atoms with van der Waals surface area (Å²) in [6, 6.07) is 9.50. The largest absolute Gasteiger partial charge is 0.418 e. The van der Waals surface area contributed by atoms with Gasteiger partial charge in [0.25, 0.3) is 0 Å². The number of halogens is 3. The zero-order chi connectivity index (χ0) is 27.1. The molecule has 0 amide bonds. The minimum Gasteiger partial charge on any atom is -0.366 e. The molecule has 1 saturated heterocycles. The number of hydrogen-bond acceptors (Lipinski definition) is 6. The van der Waals surface area contributed by atoms with E-state index < -0.39 is 11.7 Å². The van der Waals surface area contributed by atoms with E-state index in [-0.39, 0.29) is 28.2 Å². The highest BCUT2D eigenvalue weighted by Gasteiger charge is 2.37. The molecule has 38 heavy (non-hydrogen) atoms. The Kier molecular flexibility index (Phi) is 6.68. The van der Waals surface area contributed by atoms with Crippen molar-refractivity contribution >= 4 is 38.7 Å². The summed E-state index contributed by atoms with van der Waals surface area (Å²) in [7, 11) is 0. The number of H-pyrrole nitrogens is 1. The third-order valence-electron chi connectivity index (χ3n) is 7.00. The molecule has 10 heteroatoms. The summed E-state index contributed by atoms with van der Waals surface area (Å²) in [4.78, 5) is 20.9. The summed E-state index contributed by atoms with van der Waals surface area (Å²) in [5.74, 6) is 0.476. The SMILES string of the molecule is CC.CC1(C)CNCC[C@@H]1Nc1nc(-c2ccnc3[nH]c4ccccc4c23)nc2cncc(C(F)(F)F)c12. The van der Waals surface area contributed by atoms with Crippen molar-refractivity contribution in [1.82, 2.24) is 30.2 Å². The number of para-hydroxylation sites is 1. The maximum atomic E-state index is 14.0. The van der Waals surface area contributed by atoms with E-state index in [9.17, 15) is 13.2 Å². The summed E-state index contributed by atoms with van der Waals surface area (Å²) in [6.07, 6.45) is 0.00495. The minimum absolute atomic E-state index is 0.0696. The van der Waals surface area contributed by atoms with E-state index in [0.717, 1.165) is 42.0 Å². The first kappa shape index (κ1) is 25.8. The van der Waals surface area contributed by atoms with E-state index >= 15 is 0 Å². The normalized spacial score (nSPS) is 17.4. The molecule has 1 aromatic carbocycles. The van der Waals surface area contributed by atoms with Crippen LogP contribution >= 0.6 is 0 Å². The molecule has 198 valence electrons. The highest BCUT2D eigenvalue weighted by molar-refractivity contribution is 6.12. The number of nitrogens with one attached hydrogen (secondary N) is 3. The lowest BCUT2D eigenvalue weighted by Crippen LogP contribution is -2.49. The van der Waals surface area contributed by atoms with Crippen LogP contribution in [0.3, 0.4) is 0 Å². The van der Waals surface area contributed by atoms with Crippen molar-refractivity contribution in [2.45, 2.75) is 46.3 Å². The molecule has 7 nitrogen and oxygen atoms in total. The Balaban J connectivity index is 0.00000144. The maximum absolute atomic E-state index is 14.0. The van der Waals surface area contributed by atoms with Crippen molar-refractivity contribution < 1.29 is 13.2 Å². The van der Waals surface area contributed by atoms with Crippen LogP contribution in [0.2, 0.25) is 0 Å². The number of piperidine rings is 1. The number of fused-ring (bicyclic) bond motifs is 4. The van der Waals surface area contributed by atoms with Crippen LogP contribution in [-0.4, -0.2) is 44.1 Å². The number of anilines is 1. The van der Waals surface area contributed by atoms with Gasteiger partial charge in [-0.2, -0.15) is 13.2 Å². The van der Waals surface area contributed by atoms with Crippen molar-refractivity contribution in [1.29, 1.82) is 0 Å². The van der Waals surface area contributed by atoms with Crippen molar-refractivity contribution in [3.05, 3.63) is 54.5 Å². The van der Waals surface area contributed by atoms with Gasteiger partial charge < -0.3 is 15.6 Å². The summed E-state index contributed by atoms with van der Waals surface area (Å²) >= 11 is 0. The molecule has 0 saturated carbocycles. The summed E-state index contributed by atoms with van der Waals surface area (Å²) in [5.41, 5.74) is 1.34. The first-order chi connectivity index (χ1) is 18.2. The Labute approximate surface area is 218 Å². The van der Waals surface area contributed by atoms with Gasteiger partial charge in [-0.1, -0.05) is 45.9 Å². The average molecular weight is 522 g/mol. The summed E-state index contributed by atoms with van der Waals surface area (Å²) in [5, 5.41) is 8.43. The van der Waals surface area contributed by atoms with Crippen LogP contribution in [0, 0.1) is 5.41 Å². The molecule has 1 aliphatic heterocycles. The highest BCUT2D eigenvalue weighted by atomic mass is 19.4. The first-order valence-corrected chi connectivity index (χ1v) is 12.8. The number of alkyl halides is 3. The molecule has 1 aliphatic rings. The van der Waals surface area contributed by atoms with Gasteiger partial charge in [-0.3, -0.25) is 4.98 Å². The van der Waals surface area contributed by atoms with Crippen LogP contribution in [0.15, 0.2) is 48.9 Å².